The summed E-state index contributed by atoms with van der Waals surface area (Å²) in [6.45, 7) is 2.73. The highest BCUT2D eigenvalue weighted by atomic mass is 35.5. The third-order valence-electron chi connectivity index (χ3n) is 5.18. The molecule has 1 aliphatic rings. The summed E-state index contributed by atoms with van der Waals surface area (Å²) in [6, 6.07) is 15.1. The van der Waals surface area contributed by atoms with Gasteiger partial charge < -0.3 is 15.0 Å². The average Bonchev–Trinajstić information content (AvgIpc) is 2.84. The molecular weight excluding hydrogens is 464 g/mol. The van der Waals surface area contributed by atoms with E-state index in [1.54, 1.807) is 24.5 Å². The molecule has 0 unspecified atom stereocenters. The summed E-state index contributed by atoms with van der Waals surface area (Å²) in [5.74, 6) is -0.434. The minimum atomic E-state index is -3.96. The van der Waals surface area contributed by atoms with Gasteiger partial charge in [0.25, 0.3) is 5.91 Å². The fourth-order valence-corrected chi connectivity index (χ4v) is 5.00. The van der Waals surface area contributed by atoms with Crippen LogP contribution in [0.4, 0.5) is 11.4 Å². The summed E-state index contributed by atoms with van der Waals surface area (Å²) in [6.07, 6.45) is 3.17. The number of pyridine rings is 1. The first kappa shape index (κ1) is 23.2. The van der Waals surface area contributed by atoms with E-state index >= 15 is 0 Å². The number of amides is 1. The van der Waals surface area contributed by atoms with Gasteiger partial charge in [0.05, 0.1) is 29.6 Å². The van der Waals surface area contributed by atoms with E-state index in [4.69, 9.17) is 16.3 Å². The molecule has 172 valence electrons. The largest absolute Gasteiger partial charge is 0.378 e. The lowest BCUT2D eigenvalue weighted by Crippen LogP contribution is -2.36. The van der Waals surface area contributed by atoms with Crippen molar-refractivity contribution in [1.29, 1.82) is 0 Å². The van der Waals surface area contributed by atoms with Gasteiger partial charge >= 0.3 is 0 Å². The van der Waals surface area contributed by atoms with E-state index in [2.05, 4.69) is 19.9 Å². The summed E-state index contributed by atoms with van der Waals surface area (Å²) in [4.78, 5) is 18.9. The van der Waals surface area contributed by atoms with Gasteiger partial charge in [0.1, 0.15) is 4.90 Å². The van der Waals surface area contributed by atoms with E-state index in [1.165, 1.54) is 18.2 Å². The molecule has 1 amide bonds. The molecule has 0 bridgehead atoms. The van der Waals surface area contributed by atoms with E-state index in [0.717, 1.165) is 18.8 Å². The number of rotatable bonds is 7. The highest BCUT2D eigenvalue weighted by molar-refractivity contribution is 7.89. The predicted octanol–water partition coefficient (Wildman–Crippen LogP) is 3.30. The Morgan fingerprint density at radius 2 is 1.88 bits per heavy atom. The number of anilines is 2. The first-order valence-electron chi connectivity index (χ1n) is 10.4. The number of carbonyl (C=O) groups is 1. The lowest BCUT2D eigenvalue weighted by Gasteiger charge is -2.30. The fraction of sp³-hybridized carbons (Fsp3) is 0.217. The van der Waals surface area contributed by atoms with Crippen molar-refractivity contribution in [2.24, 2.45) is 0 Å². The molecule has 2 N–H and O–H groups in total. The molecule has 8 nitrogen and oxygen atoms in total. The van der Waals surface area contributed by atoms with Gasteiger partial charge in [-0.1, -0.05) is 29.8 Å². The summed E-state index contributed by atoms with van der Waals surface area (Å²) in [5, 5.41) is 2.92. The maximum atomic E-state index is 13.0. The summed E-state index contributed by atoms with van der Waals surface area (Å²) in [5.41, 5.74) is 2.40. The number of morpholine rings is 1. The summed E-state index contributed by atoms with van der Waals surface area (Å²) >= 11 is 6.17. The van der Waals surface area contributed by atoms with Crippen molar-refractivity contribution in [3.8, 4) is 0 Å². The maximum Gasteiger partial charge on any atom is 0.255 e. The van der Waals surface area contributed by atoms with Crippen LogP contribution in [0, 0.1) is 0 Å². The van der Waals surface area contributed by atoms with Crippen LogP contribution in [0.25, 0.3) is 0 Å². The molecule has 10 heteroatoms. The van der Waals surface area contributed by atoms with E-state index < -0.39 is 15.9 Å². The number of hydrogen-bond donors (Lipinski definition) is 2. The number of sulfonamides is 1. The van der Waals surface area contributed by atoms with Gasteiger partial charge in [-0.25, -0.2) is 13.1 Å². The van der Waals surface area contributed by atoms with E-state index in [0.29, 0.717) is 24.5 Å². The van der Waals surface area contributed by atoms with Crippen LogP contribution in [0.2, 0.25) is 5.02 Å². The van der Waals surface area contributed by atoms with Gasteiger partial charge in [0, 0.05) is 37.6 Å². The third kappa shape index (κ3) is 5.69. The Balaban J connectivity index is 1.53. The zero-order chi connectivity index (χ0) is 23.3. The van der Waals surface area contributed by atoms with E-state index in [9.17, 15) is 13.2 Å². The van der Waals surface area contributed by atoms with Crippen molar-refractivity contribution >= 4 is 38.9 Å². The Morgan fingerprint density at radius 3 is 2.64 bits per heavy atom. The van der Waals surface area contributed by atoms with Crippen LogP contribution >= 0.6 is 11.6 Å². The molecule has 33 heavy (non-hydrogen) atoms. The highest BCUT2D eigenvalue weighted by Crippen LogP contribution is 2.28. The molecule has 1 aliphatic heterocycles. The van der Waals surface area contributed by atoms with Crippen molar-refractivity contribution < 1.29 is 17.9 Å². The molecular formula is C23H23ClN4O4S. The molecule has 4 rings (SSSR count). The number of nitrogens with zero attached hydrogens (tertiary/aromatic N) is 2. The van der Waals surface area contributed by atoms with Crippen LogP contribution in [0.15, 0.2) is 71.9 Å². The van der Waals surface area contributed by atoms with Crippen molar-refractivity contribution in [2.75, 3.05) is 36.5 Å². The van der Waals surface area contributed by atoms with Gasteiger partial charge in [-0.3, -0.25) is 9.78 Å². The zero-order valence-electron chi connectivity index (χ0n) is 17.7. The topological polar surface area (TPSA) is 101 Å². The fourth-order valence-electron chi connectivity index (χ4n) is 3.46. The third-order valence-corrected chi connectivity index (χ3v) is 7.06. The van der Waals surface area contributed by atoms with Crippen molar-refractivity contribution in [3.63, 3.8) is 0 Å². The molecule has 0 radical (unpaired) electrons. The summed E-state index contributed by atoms with van der Waals surface area (Å²) < 4.78 is 33.6. The van der Waals surface area contributed by atoms with Crippen LogP contribution in [0.5, 0.6) is 0 Å². The number of nitrogens with one attached hydrogen (secondary N) is 2. The average molecular weight is 487 g/mol. The molecule has 1 aromatic heterocycles. The Bertz CT molecular complexity index is 1230. The molecule has 3 aromatic rings. The van der Waals surface area contributed by atoms with Crippen LogP contribution in [0.3, 0.4) is 0 Å². The second kappa shape index (κ2) is 10.3. The minimum absolute atomic E-state index is 0.0268. The smallest absolute Gasteiger partial charge is 0.255 e. The molecule has 0 spiro atoms. The van der Waals surface area contributed by atoms with E-state index in [-0.39, 0.29) is 22.0 Å². The Labute approximate surface area is 197 Å². The van der Waals surface area contributed by atoms with Crippen LogP contribution in [-0.2, 0) is 21.3 Å². The lowest BCUT2D eigenvalue weighted by molar-refractivity contribution is 0.102. The Hall–Kier alpha value is -2.98. The molecule has 0 aliphatic carbocycles. The first-order valence-corrected chi connectivity index (χ1v) is 12.2. The Kier molecular flexibility index (Phi) is 7.24. The second-order valence-corrected chi connectivity index (χ2v) is 9.54. The molecule has 2 aromatic carbocycles. The first-order chi connectivity index (χ1) is 15.9. The number of benzene rings is 2. The van der Waals surface area contributed by atoms with Crippen molar-refractivity contribution in [1.82, 2.24) is 9.71 Å². The normalized spacial score (nSPS) is 14.2. The molecule has 2 heterocycles. The second-order valence-electron chi connectivity index (χ2n) is 7.40. The van der Waals surface area contributed by atoms with Gasteiger partial charge in [-0.15, -0.1) is 0 Å². The van der Waals surface area contributed by atoms with Crippen LogP contribution in [-0.4, -0.2) is 45.6 Å². The van der Waals surface area contributed by atoms with Gasteiger partial charge in [-0.05, 0) is 42.0 Å². The molecule has 0 atom stereocenters. The Morgan fingerprint density at radius 1 is 1.09 bits per heavy atom. The predicted molar refractivity (Wildman–Crippen MR) is 127 cm³/mol. The number of para-hydroxylation sites is 2. The van der Waals surface area contributed by atoms with Gasteiger partial charge in [0.2, 0.25) is 10.0 Å². The van der Waals surface area contributed by atoms with Gasteiger partial charge in [0.15, 0.2) is 0 Å². The van der Waals surface area contributed by atoms with Crippen molar-refractivity contribution in [3.05, 3.63) is 83.1 Å². The van der Waals surface area contributed by atoms with Crippen LogP contribution < -0.4 is 14.9 Å². The van der Waals surface area contributed by atoms with Gasteiger partial charge in [-0.2, -0.15) is 0 Å². The number of hydrogen-bond acceptors (Lipinski definition) is 6. The standard InChI is InChI=1S/C23H23ClN4O4S/c24-19-8-7-18(14-22(19)33(30,31)26-16-17-4-3-9-25-15-17)23(29)27-20-5-1-2-6-21(20)28-10-12-32-13-11-28/h1-9,14-15,26H,10-13,16H2,(H,27,29). The molecule has 0 saturated carbocycles. The zero-order valence-corrected chi connectivity index (χ0v) is 19.3. The van der Waals surface area contributed by atoms with E-state index in [1.807, 2.05) is 24.3 Å². The van der Waals surface area contributed by atoms with Crippen LogP contribution in [0.1, 0.15) is 15.9 Å². The number of carbonyl (C=O) groups excluding carboxylic acids is 1. The number of aromatic nitrogens is 1. The summed E-state index contributed by atoms with van der Waals surface area (Å²) in [7, 11) is -3.96. The minimum Gasteiger partial charge on any atom is -0.378 e. The maximum absolute atomic E-state index is 13.0. The highest BCUT2D eigenvalue weighted by Gasteiger charge is 2.21. The molecule has 1 fully saturated rings. The number of ether oxygens (including phenoxy) is 1. The lowest BCUT2D eigenvalue weighted by atomic mass is 10.2. The monoisotopic (exact) mass is 486 g/mol. The quantitative estimate of drug-likeness (QED) is 0.531. The van der Waals surface area contributed by atoms with Crippen molar-refractivity contribution in [2.45, 2.75) is 11.4 Å². The molecule has 1 saturated heterocycles. The SMILES string of the molecule is O=C(Nc1ccccc1N1CCOCC1)c1ccc(Cl)c(S(=O)(=O)NCc2cccnc2)c1. The number of halogens is 1.